The van der Waals surface area contributed by atoms with E-state index in [2.05, 4.69) is 24.9 Å². The summed E-state index contributed by atoms with van der Waals surface area (Å²) < 4.78 is 6.49. The van der Waals surface area contributed by atoms with Crippen LogP contribution < -0.4 is 10.5 Å². The summed E-state index contributed by atoms with van der Waals surface area (Å²) in [6.07, 6.45) is 2.49. The Morgan fingerprint density at radius 1 is 1.23 bits per heavy atom. The quantitative estimate of drug-likeness (QED) is 0.635. The van der Waals surface area contributed by atoms with E-state index < -0.39 is 5.97 Å². The number of carbonyl (C=O) groups excluding carboxylic acids is 1. The van der Waals surface area contributed by atoms with Crippen LogP contribution in [0, 0.1) is 6.92 Å². The molecule has 3 aromatic rings. The van der Waals surface area contributed by atoms with E-state index in [1.165, 1.54) is 7.11 Å². The van der Waals surface area contributed by atoms with Crippen molar-refractivity contribution in [2.75, 3.05) is 38.2 Å². The molecule has 4 heterocycles. The van der Waals surface area contributed by atoms with Crippen molar-refractivity contribution in [2.45, 2.75) is 26.8 Å². The van der Waals surface area contributed by atoms with Gasteiger partial charge in [0.05, 0.1) is 24.2 Å². The highest BCUT2D eigenvalue weighted by molar-refractivity contribution is 5.87. The third kappa shape index (κ3) is 3.93. The summed E-state index contributed by atoms with van der Waals surface area (Å²) >= 11 is 0. The van der Waals surface area contributed by atoms with Crippen LogP contribution in [0.1, 0.15) is 34.4 Å². The van der Waals surface area contributed by atoms with Crippen molar-refractivity contribution in [2.24, 2.45) is 0 Å². The summed E-state index contributed by atoms with van der Waals surface area (Å²) in [5, 5.41) is 4.62. The van der Waals surface area contributed by atoms with Gasteiger partial charge in [0.2, 0.25) is 0 Å². The molecule has 0 aromatic carbocycles. The van der Waals surface area contributed by atoms with Crippen molar-refractivity contribution < 1.29 is 9.53 Å². The molecule has 9 heteroatoms. The molecule has 1 fully saturated rings. The number of carbonyl (C=O) groups is 1. The number of ether oxygens (including phenoxy) is 1. The van der Waals surface area contributed by atoms with Crippen LogP contribution >= 0.6 is 0 Å². The van der Waals surface area contributed by atoms with Gasteiger partial charge in [0.1, 0.15) is 11.3 Å². The number of fused-ring (bicyclic) bond motifs is 1. The Kier molecular flexibility index (Phi) is 5.54. The van der Waals surface area contributed by atoms with E-state index in [1.54, 1.807) is 10.6 Å². The third-order valence-electron chi connectivity index (χ3n) is 5.53. The number of aromatic amines is 1. The number of hydrogen-bond acceptors (Lipinski definition) is 7. The molecule has 1 saturated heterocycles. The zero-order valence-corrected chi connectivity index (χ0v) is 17.5. The molecule has 1 N–H and O–H groups in total. The molecule has 1 aliphatic rings. The Labute approximate surface area is 174 Å². The van der Waals surface area contributed by atoms with E-state index in [0.29, 0.717) is 12.1 Å². The van der Waals surface area contributed by atoms with Gasteiger partial charge in [-0.15, -0.1) is 0 Å². The predicted octanol–water partition coefficient (Wildman–Crippen LogP) is 1.40. The molecule has 0 unspecified atom stereocenters. The van der Waals surface area contributed by atoms with Gasteiger partial charge in [-0.05, 0) is 25.5 Å². The summed E-state index contributed by atoms with van der Waals surface area (Å²) in [5.74, 6) is -0.422. The lowest BCUT2D eigenvalue weighted by molar-refractivity contribution is 0.0594. The monoisotopic (exact) mass is 410 g/mol. The van der Waals surface area contributed by atoms with Crippen LogP contribution in [0.4, 0.5) is 5.69 Å². The van der Waals surface area contributed by atoms with Crippen molar-refractivity contribution in [3.8, 4) is 0 Å². The second kappa shape index (κ2) is 8.27. The summed E-state index contributed by atoms with van der Waals surface area (Å²) in [6.45, 7) is 8.12. The van der Waals surface area contributed by atoms with Crippen LogP contribution in [-0.2, 0) is 17.7 Å². The topological polar surface area (TPSA) is 95.8 Å². The first-order chi connectivity index (χ1) is 14.5. The van der Waals surface area contributed by atoms with Gasteiger partial charge in [0.25, 0.3) is 5.56 Å². The van der Waals surface area contributed by atoms with E-state index >= 15 is 0 Å². The number of methoxy groups -OCH3 is 1. The number of aromatic nitrogens is 4. The molecule has 0 spiro atoms. The molecule has 9 nitrogen and oxygen atoms in total. The average Bonchev–Trinajstić information content (AvgIpc) is 3.14. The zero-order valence-electron chi connectivity index (χ0n) is 17.5. The first kappa shape index (κ1) is 20.1. The van der Waals surface area contributed by atoms with E-state index in [0.717, 1.165) is 61.0 Å². The number of nitrogens with one attached hydrogen (secondary N) is 1. The Morgan fingerprint density at radius 3 is 2.67 bits per heavy atom. The van der Waals surface area contributed by atoms with Crippen molar-refractivity contribution in [3.05, 3.63) is 57.4 Å². The SMILES string of the molecule is CCc1cn2nc(CN3CCN(c4ccc(C(=O)OC)nc4C)CC3)cc2[nH]c1=O. The molecule has 158 valence electrons. The number of nitrogens with zero attached hydrogens (tertiary/aromatic N) is 5. The highest BCUT2D eigenvalue weighted by atomic mass is 16.5. The maximum Gasteiger partial charge on any atom is 0.356 e. The molecule has 0 bridgehead atoms. The maximum atomic E-state index is 12.0. The minimum atomic E-state index is -0.422. The van der Waals surface area contributed by atoms with Crippen LogP contribution in [0.3, 0.4) is 0 Å². The van der Waals surface area contributed by atoms with Crippen LogP contribution in [0.15, 0.2) is 29.2 Å². The Bertz CT molecular complexity index is 1130. The summed E-state index contributed by atoms with van der Waals surface area (Å²) in [7, 11) is 1.36. The number of H-pyrrole nitrogens is 1. The van der Waals surface area contributed by atoms with E-state index in [9.17, 15) is 9.59 Å². The molecule has 0 radical (unpaired) electrons. The number of pyridine rings is 1. The maximum absolute atomic E-state index is 12.0. The second-order valence-electron chi connectivity index (χ2n) is 7.48. The minimum Gasteiger partial charge on any atom is -0.464 e. The lowest BCUT2D eigenvalue weighted by Crippen LogP contribution is -2.46. The van der Waals surface area contributed by atoms with E-state index in [4.69, 9.17) is 4.74 Å². The van der Waals surface area contributed by atoms with E-state index in [-0.39, 0.29) is 5.56 Å². The lowest BCUT2D eigenvalue weighted by atomic mass is 10.2. The predicted molar refractivity (Wildman–Crippen MR) is 113 cm³/mol. The Morgan fingerprint density at radius 2 is 2.00 bits per heavy atom. The van der Waals surface area contributed by atoms with Crippen molar-refractivity contribution in [1.29, 1.82) is 0 Å². The molecule has 4 rings (SSSR count). The zero-order chi connectivity index (χ0) is 21.3. The molecule has 0 saturated carbocycles. The van der Waals surface area contributed by atoms with Gasteiger partial charge >= 0.3 is 5.97 Å². The van der Waals surface area contributed by atoms with Gasteiger partial charge in [-0.2, -0.15) is 5.10 Å². The molecular formula is C21H26N6O3. The van der Waals surface area contributed by atoms with Crippen molar-refractivity contribution in [1.82, 2.24) is 24.5 Å². The normalized spacial score (nSPS) is 15.0. The number of aryl methyl sites for hydroxylation is 2. The molecule has 3 aromatic heterocycles. The fraction of sp³-hybridized carbons (Fsp3) is 0.429. The first-order valence-electron chi connectivity index (χ1n) is 10.1. The largest absolute Gasteiger partial charge is 0.464 e. The number of piperazine rings is 1. The first-order valence-corrected chi connectivity index (χ1v) is 10.1. The average molecular weight is 410 g/mol. The van der Waals surface area contributed by atoms with Crippen LogP contribution in [0.2, 0.25) is 0 Å². The number of hydrogen-bond donors (Lipinski definition) is 1. The number of esters is 1. The minimum absolute atomic E-state index is 0.0488. The third-order valence-corrected chi connectivity index (χ3v) is 5.53. The second-order valence-corrected chi connectivity index (χ2v) is 7.48. The number of anilines is 1. The highest BCUT2D eigenvalue weighted by Gasteiger charge is 2.21. The van der Waals surface area contributed by atoms with Gasteiger partial charge < -0.3 is 14.6 Å². The van der Waals surface area contributed by atoms with Crippen molar-refractivity contribution in [3.63, 3.8) is 0 Å². The Balaban J connectivity index is 1.41. The van der Waals surface area contributed by atoms with Crippen molar-refractivity contribution >= 4 is 17.3 Å². The van der Waals surface area contributed by atoms with Crippen LogP contribution in [-0.4, -0.2) is 63.7 Å². The van der Waals surface area contributed by atoms with Gasteiger partial charge in [-0.1, -0.05) is 6.92 Å². The standard InChI is InChI=1S/C21H26N6O3/c1-4-15-12-27-19(23-20(15)28)11-16(24-27)13-25-7-9-26(10-8-25)18-6-5-17(21(29)30-3)22-14(18)2/h5-6,11-12H,4,7-10,13H2,1-3H3,(H,23,28). The molecule has 0 atom stereocenters. The van der Waals surface area contributed by atoms with Gasteiger partial charge in [0.15, 0.2) is 0 Å². The highest BCUT2D eigenvalue weighted by Crippen LogP contribution is 2.21. The smallest absolute Gasteiger partial charge is 0.356 e. The Hall–Kier alpha value is -3.20. The van der Waals surface area contributed by atoms with Crippen LogP contribution in [0.25, 0.3) is 5.65 Å². The summed E-state index contributed by atoms with van der Waals surface area (Å²) in [5.41, 5.74) is 4.53. The fourth-order valence-corrected chi connectivity index (χ4v) is 3.85. The summed E-state index contributed by atoms with van der Waals surface area (Å²) in [4.78, 5) is 35.6. The molecule has 0 aliphatic carbocycles. The van der Waals surface area contributed by atoms with Crippen LogP contribution in [0.5, 0.6) is 0 Å². The fourth-order valence-electron chi connectivity index (χ4n) is 3.85. The van der Waals surface area contributed by atoms with Gasteiger partial charge in [0, 0.05) is 50.6 Å². The number of rotatable bonds is 5. The molecule has 30 heavy (non-hydrogen) atoms. The van der Waals surface area contributed by atoms with E-state index in [1.807, 2.05) is 32.2 Å². The summed E-state index contributed by atoms with van der Waals surface area (Å²) in [6, 6.07) is 5.59. The molecular weight excluding hydrogens is 384 g/mol. The molecule has 0 amide bonds. The molecule has 1 aliphatic heterocycles. The van der Waals surface area contributed by atoms with Gasteiger partial charge in [-0.3, -0.25) is 9.69 Å². The lowest BCUT2D eigenvalue weighted by Gasteiger charge is -2.36. The van der Waals surface area contributed by atoms with Gasteiger partial charge in [-0.25, -0.2) is 14.3 Å².